The Balaban J connectivity index is 1.81. The number of anilines is 1. The highest BCUT2D eigenvalue weighted by Gasteiger charge is 2.28. The molecule has 0 spiro atoms. The minimum Gasteiger partial charge on any atom is -0.507 e. The maximum Gasteiger partial charge on any atom is 0.262 e. The van der Waals surface area contributed by atoms with Crippen molar-refractivity contribution in [3.8, 4) is 5.75 Å². The summed E-state index contributed by atoms with van der Waals surface area (Å²) in [6.07, 6.45) is 0.858. The topological polar surface area (TPSA) is 40.5 Å². The van der Waals surface area contributed by atoms with Crippen molar-refractivity contribution in [2.45, 2.75) is 13.3 Å². The Morgan fingerprint density at radius 2 is 1.78 bits per heavy atom. The van der Waals surface area contributed by atoms with E-state index in [1.807, 2.05) is 43.3 Å². The Bertz CT molecular complexity index is 930. The summed E-state index contributed by atoms with van der Waals surface area (Å²) >= 11 is 0. The van der Waals surface area contributed by atoms with E-state index in [4.69, 9.17) is 0 Å². The molecule has 1 amide bonds. The van der Waals surface area contributed by atoms with Crippen LogP contribution in [0, 0.1) is 6.92 Å². The highest BCUT2D eigenvalue weighted by atomic mass is 16.3. The zero-order chi connectivity index (χ0) is 16.0. The van der Waals surface area contributed by atoms with E-state index in [0.29, 0.717) is 12.1 Å². The molecule has 3 aromatic carbocycles. The lowest BCUT2D eigenvalue weighted by Gasteiger charge is -2.20. The van der Waals surface area contributed by atoms with Crippen molar-refractivity contribution in [2.24, 2.45) is 0 Å². The number of benzene rings is 3. The normalized spacial score (nSPS) is 13.3. The molecule has 3 heteroatoms. The van der Waals surface area contributed by atoms with E-state index >= 15 is 0 Å². The third-order valence-electron chi connectivity index (χ3n) is 4.54. The first kappa shape index (κ1) is 13.8. The molecule has 0 aliphatic carbocycles. The Morgan fingerprint density at radius 1 is 1.04 bits per heavy atom. The minimum absolute atomic E-state index is 0.0377. The van der Waals surface area contributed by atoms with Gasteiger partial charge in [-0.2, -0.15) is 0 Å². The van der Waals surface area contributed by atoms with Gasteiger partial charge in [-0.3, -0.25) is 4.79 Å². The molecule has 3 aromatic rings. The first-order valence-electron chi connectivity index (χ1n) is 7.77. The fourth-order valence-electron chi connectivity index (χ4n) is 3.40. The second-order valence-corrected chi connectivity index (χ2v) is 6.01. The smallest absolute Gasteiger partial charge is 0.262 e. The van der Waals surface area contributed by atoms with Crippen LogP contribution >= 0.6 is 0 Å². The van der Waals surface area contributed by atoms with Crippen molar-refractivity contribution in [3.05, 3.63) is 71.3 Å². The Hall–Kier alpha value is -2.81. The molecule has 3 nitrogen and oxygen atoms in total. The van der Waals surface area contributed by atoms with Crippen LogP contribution in [0.5, 0.6) is 5.75 Å². The molecular formula is C20H17NO2. The second kappa shape index (κ2) is 5.13. The van der Waals surface area contributed by atoms with E-state index in [1.54, 1.807) is 17.0 Å². The van der Waals surface area contributed by atoms with Gasteiger partial charge in [-0.1, -0.05) is 42.5 Å². The predicted molar refractivity (Wildman–Crippen MR) is 92.2 cm³/mol. The average molecular weight is 303 g/mol. The van der Waals surface area contributed by atoms with Crippen LogP contribution in [0.25, 0.3) is 10.8 Å². The molecule has 114 valence electrons. The molecule has 23 heavy (non-hydrogen) atoms. The molecule has 0 aromatic heterocycles. The van der Waals surface area contributed by atoms with Crippen molar-refractivity contribution in [2.75, 3.05) is 11.4 Å². The van der Waals surface area contributed by atoms with E-state index in [1.165, 1.54) is 5.56 Å². The molecule has 4 rings (SSSR count). The SMILES string of the molecule is Cc1cccc2c1N(C(=O)c1cc3ccccc3cc1O)CC2. The van der Waals surface area contributed by atoms with Crippen molar-refractivity contribution in [1.82, 2.24) is 0 Å². The number of rotatable bonds is 1. The first-order valence-corrected chi connectivity index (χ1v) is 7.77. The number of nitrogens with zero attached hydrogens (tertiary/aromatic N) is 1. The van der Waals surface area contributed by atoms with Crippen molar-refractivity contribution in [1.29, 1.82) is 0 Å². The zero-order valence-corrected chi connectivity index (χ0v) is 12.9. The van der Waals surface area contributed by atoms with Crippen LogP contribution in [0.15, 0.2) is 54.6 Å². The van der Waals surface area contributed by atoms with Crippen molar-refractivity contribution in [3.63, 3.8) is 0 Å². The van der Waals surface area contributed by atoms with E-state index in [0.717, 1.165) is 28.4 Å². The minimum atomic E-state index is -0.138. The van der Waals surface area contributed by atoms with E-state index < -0.39 is 0 Å². The van der Waals surface area contributed by atoms with Crippen LogP contribution in [-0.2, 0) is 6.42 Å². The average Bonchev–Trinajstić information content (AvgIpc) is 2.99. The third-order valence-corrected chi connectivity index (χ3v) is 4.54. The number of hydrogen-bond acceptors (Lipinski definition) is 2. The quantitative estimate of drug-likeness (QED) is 0.736. The molecule has 0 saturated carbocycles. The number of fused-ring (bicyclic) bond motifs is 2. The Morgan fingerprint density at radius 3 is 2.57 bits per heavy atom. The van der Waals surface area contributed by atoms with Gasteiger partial charge in [0.15, 0.2) is 0 Å². The van der Waals surface area contributed by atoms with Crippen molar-refractivity contribution >= 4 is 22.4 Å². The molecule has 1 aliphatic rings. The fraction of sp³-hybridized carbons (Fsp3) is 0.150. The number of phenols is 1. The number of phenolic OH excluding ortho intramolecular Hbond substituents is 1. The van der Waals surface area contributed by atoms with Crippen LogP contribution < -0.4 is 4.90 Å². The van der Waals surface area contributed by atoms with Gasteiger partial charge < -0.3 is 10.0 Å². The van der Waals surface area contributed by atoms with Crippen LogP contribution in [0.2, 0.25) is 0 Å². The molecule has 0 saturated heterocycles. The number of carbonyl (C=O) groups excluding carboxylic acids is 1. The second-order valence-electron chi connectivity index (χ2n) is 6.01. The van der Waals surface area contributed by atoms with Gasteiger partial charge in [0.05, 0.1) is 11.3 Å². The summed E-state index contributed by atoms with van der Waals surface area (Å²) in [5.41, 5.74) is 3.64. The maximum atomic E-state index is 13.0. The largest absolute Gasteiger partial charge is 0.507 e. The van der Waals surface area contributed by atoms with Crippen molar-refractivity contribution < 1.29 is 9.90 Å². The van der Waals surface area contributed by atoms with Crippen LogP contribution in [0.4, 0.5) is 5.69 Å². The molecule has 1 aliphatic heterocycles. The third kappa shape index (κ3) is 2.16. The lowest BCUT2D eigenvalue weighted by atomic mass is 10.0. The molecule has 0 unspecified atom stereocenters. The lowest BCUT2D eigenvalue weighted by Crippen LogP contribution is -2.29. The summed E-state index contributed by atoms with van der Waals surface area (Å²) in [4.78, 5) is 14.8. The standard InChI is InChI=1S/C20H17NO2/c1-13-5-4-8-14-9-10-21(19(13)14)20(23)17-11-15-6-2-3-7-16(15)12-18(17)22/h2-8,11-12,22H,9-10H2,1H3. The van der Waals surface area contributed by atoms with Gasteiger partial charge >= 0.3 is 0 Å². The number of para-hydroxylation sites is 1. The predicted octanol–water partition coefficient (Wildman–Crippen LogP) is 4.06. The molecule has 0 fully saturated rings. The Kier molecular flexibility index (Phi) is 3.08. The summed E-state index contributed by atoms with van der Waals surface area (Å²) < 4.78 is 0. The Labute approximate surface area is 134 Å². The number of aromatic hydroxyl groups is 1. The van der Waals surface area contributed by atoms with Gasteiger partial charge in [0.25, 0.3) is 5.91 Å². The number of carbonyl (C=O) groups is 1. The summed E-state index contributed by atoms with van der Waals surface area (Å²) in [5, 5.41) is 12.2. The highest BCUT2D eigenvalue weighted by Crippen LogP contribution is 2.34. The van der Waals surface area contributed by atoms with Gasteiger partial charge in [0.2, 0.25) is 0 Å². The van der Waals surface area contributed by atoms with Gasteiger partial charge in [-0.15, -0.1) is 0 Å². The molecular weight excluding hydrogens is 286 g/mol. The number of hydrogen-bond donors (Lipinski definition) is 1. The number of aryl methyl sites for hydroxylation is 1. The van der Waals surface area contributed by atoms with Gasteiger partial charge in [-0.05, 0) is 47.4 Å². The number of amides is 1. The van der Waals surface area contributed by atoms with Gasteiger partial charge in [0.1, 0.15) is 5.75 Å². The zero-order valence-electron chi connectivity index (χ0n) is 12.9. The summed E-state index contributed by atoms with van der Waals surface area (Å²) in [5.74, 6) is -0.1000. The highest BCUT2D eigenvalue weighted by molar-refractivity contribution is 6.11. The van der Waals surface area contributed by atoms with Gasteiger partial charge in [-0.25, -0.2) is 0 Å². The molecule has 0 atom stereocenters. The molecule has 1 N–H and O–H groups in total. The van der Waals surface area contributed by atoms with E-state index in [-0.39, 0.29) is 11.7 Å². The monoisotopic (exact) mass is 303 g/mol. The molecule has 1 heterocycles. The maximum absolute atomic E-state index is 13.0. The van der Waals surface area contributed by atoms with E-state index in [2.05, 4.69) is 6.07 Å². The molecule has 0 radical (unpaired) electrons. The lowest BCUT2D eigenvalue weighted by molar-refractivity contribution is 0.0987. The van der Waals surface area contributed by atoms with Crippen LogP contribution in [0.3, 0.4) is 0 Å². The van der Waals surface area contributed by atoms with Gasteiger partial charge in [0, 0.05) is 6.54 Å². The summed E-state index contributed by atoms with van der Waals surface area (Å²) in [7, 11) is 0. The van der Waals surface area contributed by atoms with Crippen LogP contribution in [-0.4, -0.2) is 17.6 Å². The summed E-state index contributed by atoms with van der Waals surface area (Å²) in [6, 6.07) is 17.3. The van der Waals surface area contributed by atoms with E-state index in [9.17, 15) is 9.90 Å². The molecule has 0 bridgehead atoms. The van der Waals surface area contributed by atoms with Crippen LogP contribution in [0.1, 0.15) is 21.5 Å². The summed E-state index contributed by atoms with van der Waals surface area (Å²) in [6.45, 7) is 2.68. The first-order chi connectivity index (χ1) is 11.1. The fourth-order valence-corrected chi connectivity index (χ4v) is 3.40.